The van der Waals surface area contributed by atoms with E-state index in [1.165, 1.54) is 0 Å². The molecule has 0 fully saturated rings. The van der Waals surface area contributed by atoms with Crippen LogP contribution in [0.4, 0.5) is 0 Å². The van der Waals surface area contributed by atoms with Gasteiger partial charge in [-0.15, -0.1) is 0 Å². The molecule has 94 valence electrons. The second-order valence-electron chi connectivity index (χ2n) is 4.43. The molecule has 0 amide bonds. The van der Waals surface area contributed by atoms with Gasteiger partial charge in [0.25, 0.3) is 0 Å². The Morgan fingerprint density at radius 2 is 2.33 bits per heavy atom. The number of Topliss-reactive ketones (excluding diaryl/α,β-unsaturated/α-hetero) is 1. The summed E-state index contributed by atoms with van der Waals surface area (Å²) in [7, 11) is 0. The van der Waals surface area contributed by atoms with Gasteiger partial charge in [-0.3, -0.25) is 4.79 Å². The molecule has 1 aliphatic heterocycles. The maximum absolute atomic E-state index is 11.7. The van der Waals surface area contributed by atoms with Crippen molar-refractivity contribution in [1.29, 1.82) is 0 Å². The van der Waals surface area contributed by atoms with E-state index in [1.807, 2.05) is 13.8 Å². The first-order valence-electron chi connectivity index (χ1n) is 5.52. The zero-order valence-electron chi connectivity index (χ0n) is 10.2. The molecule has 0 saturated carbocycles. The Morgan fingerprint density at radius 1 is 1.56 bits per heavy atom. The number of hydrogen-bond donors (Lipinski definition) is 0. The summed E-state index contributed by atoms with van der Waals surface area (Å²) in [5, 5.41) is 3.25. The van der Waals surface area contributed by atoms with Gasteiger partial charge in [0.15, 0.2) is 5.78 Å². The summed E-state index contributed by atoms with van der Waals surface area (Å²) in [5.74, 6) is -0.291. The number of benzene rings is 1. The molecule has 1 heterocycles. The summed E-state index contributed by atoms with van der Waals surface area (Å²) >= 11 is 0. The number of carbonyl (C=O) groups is 1. The Labute approximate surface area is 104 Å². The van der Waals surface area contributed by atoms with Crippen molar-refractivity contribution in [3.8, 4) is 5.75 Å². The van der Waals surface area contributed by atoms with Gasteiger partial charge in [-0.2, -0.15) is 0 Å². The number of rotatable bonds is 3. The second kappa shape index (κ2) is 4.68. The smallest absolute Gasteiger partial charge is 0.205 e. The SMILES string of the molecule is CC1(C)OCc2ccc(C(=O)CN=[N+]=[N-])cc2O1. The molecule has 0 bridgehead atoms. The van der Waals surface area contributed by atoms with E-state index in [9.17, 15) is 4.79 Å². The maximum atomic E-state index is 11.7. The predicted molar refractivity (Wildman–Crippen MR) is 64.3 cm³/mol. The standard InChI is InChI=1S/C12H13N3O3/c1-12(2)17-7-9-4-3-8(5-11(9)18-12)10(16)6-14-15-13/h3-5H,6-7H2,1-2H3. The van der Waals surface area contributed by atoms with Gasteiger partial charge in [0.1, 0.15) is 5.75 Å². The van der Waals surface area contributed by atoms with Crippen LogP contribution in [0.5, 0.6) is 5.75 Å². The number of azide groups is 1. The van der Waals surface area contributed by atoms with Crippen molar-refractivity contribution in [2.24, 2.45) is 5.11 Å². The molecule has 18 heavy (non-hydrogen) atoms. The number of carbonyl (C=O) groups excluding carboxylic acids is 1. The molecule has 0 N–H and O–H groups in total. The lowest BCUT2D eigenvalue weighted by Crippen LogP contribution is -2.35. The van der Waals surface area contributed by atoms with E-state index in [4.69, 9.17) is 15.0 Å². The summed E-state index contributed by atoms with van der Waals surface area (Å²) in [5.41, 5.74) is 9.56. The van der Waals surface area contributed by atoms with Crippen molar-refractivity contribution in [1.82, 2.24) is 0 Å². The van der Waals surface area contributed by atoms with Crippen LogP contribution in [0, 0.1) is 0 Å². The van der Waals surface area contributed by atoms with Crippen molar-refractivity contribution in [3.63, 3.8) is 0 Å². The van der Waals surface area contributed by atoms with Crippen molar-refractivity contribution in [3.05, 3.63) is 39.8 Å². The fourth-order valence-electron chi connectivity index (χ4n) is 1.68. The fraction of sp³-hybridized carbons (Fsp3) is 0.417. The number of ether oxygens (including phenoxy) is 2. The molecule has 6 nitrogen and oxygen atoms in total. The fourth-order valence-corrected chi connectivity index (χ4v) is 1.68. The molecular weight excluding hydrogens is 234 g/mol. The highest BCUT2D eigenvalue weighted by molar-refractivity contribution is 5.98. The van der Waals surface area contributed by atoms with Crippen molar-refractivity contribution in [2.75, 3.05) is 6.54 Å². The van der Waals surface area contributed by atoms with E-state index in [0.717, 1.165) is 5.56 Å². The number of nitrogens with zero attached hydrogens (tertiary/aromatic N) is 3. The molecule has 0 aromatic heterocycles. The van der Waals surface area contributed by atoms with Gasteiger partial charge in [-0.25, -0.2) is 0 Å². The van der Waals surface area contributed by atoms with Crippen LogP contribution in [-0.4, -0.2) is 18.1 Å². The van der Waals surface area contributed by atoms with Gasteiger partial charge < -0.3 is 9.47 Å². The van der Waals surface area contributed by atoms with Gasteiger partial charge >= 0.3 is 0 Å². The van der Waals surface area contributed by atoms with E-state index in [0.29, 0.717) is 17.9 Å². The van der Waals surface area contributed by atoms with Crippen LogP contribution in [0.25, 0.3) is 10.4 Å². The van der Waals surface area contributed by atoms with Gasteiger partial charge in [-0.05, 0) is 11.6 Å². The van der Waals surface area contributed by atoms with Gasteiger partial charge in [0.05, 0.1) is 13.2 Å². The average Bonchev–Trinajstić information content (AvgIpc) is 2.34. The molecular formula is C12H13N3O3. The van der Waals surface area contributed by atoms with E-state index in [2.05, 4.69) is 10.0 Å². The first kappa shape index (κ1) is 12.4. The third-order valence-electron chi connectivity index (χ3n) is 2.60. The first-order chi connectivity index (χ1) is 8.52. The van der Waals surface area contributed by atoms with Gasteiger partial charge in [0, 0.05) is 29.9 Å². The molecule has 1 aliphatic rings. The van der Waals surface area contributed by atoms with E-state index in [-0.39, 0.29) is 12.3 Å². The molecule has 2 rings (SSSR count). The van der Waals surface area contributed by atoms with E-state index >= 15 is 0 Å². The van der Waals surface area contributed by atoms with Crippen LogP contribution in [-0.2, 0) is 11.3 Å². The molecule has 0 spiro atoms. The lowest BCUT2D eigenvalue weighted by atomic mass is 10.1. The first-order valence-corrected chi connectivity index (χ1v) is 5.52. The molecule has 1 aromatic carbocycles. The molecule has 6 heteroatoms. The highest BCUT2D eigenvalue weighted by atomic mass is 16.7. The van der Waals surface area contributed by atoms with Crippen LogP contribution < -0.4 is 4.74 Å². The van der Waals surface area contributed by atoms with E-state index < -0.39 is 5.79 Å². The Hall–Kier alpha value is -2.04. The Balaban J connectivity index is 2.26. The van der Waals surface area contributed by atoms with E-state index in [1.54, 1.807) is 18.2 Å². The quantitative estimate of drug-likeness (QED) is 0.356. The number of ketones is 1. The average molecular weight is 247 g/mol. The molecule has 1 aromatic rings. The highest BCUT2D eigenvalue weighted by Gasteiger charge is 2.27. The van der Waals surface area contributed by atoms with Crippen LogP contribution in [0.3, 0.4) is 0 Å². The third-order valence-corrected chi connectivity index (χ3v) is 2.60. The number of fused-ring (bicyclic) bond motifs is 1. The zero-order valence-corrected chi connectivity index (χ0v) is 10.2. The minimum Gasteiger partial charge on any atom is -0.463 e. The molecule has 0 atom stereocenters. The van der Waals surface area contributed by atoms with Crippen molar-refractivity contribution < 1.29 is 14.3 Å². The monoisotopic (exact) mass is 247 g/mol. The van der Waals surface area contributed by atoms with Crippen LogP contribution in [0.15, 0.2) is 23.3 Å². The Bertz CT molecular complexity index is 533. The largest absolute Gasteiger partial charge is 0.463 e. The van der Waals surface area contributed by atoms with Crippen LogP contribution in [0.1, 0.15) is 29.8 Å². The normalized spacial score (nSPS) is 16.1. The Morgan fingerprint density at radius 3 is 3.06 bits per heavy atom. The minimum atomic E-state index is -0.695. The summed E-state index contributed by atoms with van der Waals surface area (Å²) in [6.45, 7) is 3.89. The highest BCUT2D eigenvalue weighted by Crippen LogP contribution is 2.31. The molecule has 0 aliphatic carbocycles. The third kappa shape index (κ3) is 2.61. The molecule has 0 unspecified atom stereocenters. The number of hydrogen-bond acceptors (Lipinski definition) is 4. The minimum absolute atomic E-state index is 0.185. The van der Waals surface area contributed by atoms with Crippen LogP contribution in [0.2, 0.25) is 0 Å². The summed E-state index contributed by atoms with van der Waals surface area (Å²) in [6.07, 6.45) is 0. The van der Waals surface area contributed by atoms with Crippen molar-refractivity contribution in [2.45, 2.75) is 26.2 Å². The van der Waals surface area contributed by atoms with Crippen LogP contribution >= 0.6 is 0 Å². The Kier molecular flexibility index (Phi) is 3.23. The summed E-state index contributed by atoms with van der Waals surface area (Å²) in [4.78, 5) is 14.3. The maximum Gasteiger partial charge on any atom is 0.205 e. The summed E-state index contributed by atoms with van der Waals surface area (Å²) in [6, 6.07) is 5.13. The van der Waals surface area contributed by atoms with Crippen molar-refractivity contribution >= 4 is 5.78 Å². The lowest BCUT2D eigenvalue weighted by molar-refractivity contribution is -0.180. The topological polar surface area (TPSA) is 84.3 Å². The lowest BCUT2D eigenvalue weighted by Gasteiger charge is -2.32. The summed E-state index contributed by atoms with van der Waals surface area (Å²) < 4.78 is 11.1. The molecule has 0 saturated heterocycles. The van der Waals surface area contributed by atoms with Gasteiger partial charge in [-0.1, -0.05) is 17.2 Å². The van der Waals surface area contributed by atoms with Gasteiger partial charge in [0.2, 0.25) is 5.79 Å². The second-order valence-corrected chi connectivity index (χ2v) is 4.43. The molecule has 0 radical (unpaired) electrons. The predicted octanol–water partition coefficient (Wildman–Crippen LogP) is 2.82. The zero-order chi connectivity index (χ0) is 13.2.